The predicted molar refractivity (Wildman–Crippen MR) is 76.9 cm³/mol. The molecule has 1 aromatic carbocycles. The van der Waals surface area contributed by atoms with E-state index in [1.807, 2.05) is 6.07 Å². The highest BCUT2D eigenvalue weighted by atomic mass is 16.4. The van der Waals surface area contributed by atoms with Crippen LogP contribution in [0.25, 0.3) is 0 Å². The Morgan fingerprint density at radius 1 is 1.48 bits per heavy atom. The van der Waals surface area contributed by atoms with Crippen LogP contribution in [0.3, 0.4) is 0 Å². The number of aliphatic carboxylic acids is 1. The van der Waals surface area contributed by atoms with E-state index in [4.69, 9.17) is 5.26 Å². The molecule has 0 radical (unpaired) electrons. The summed E-state index contributed by atoms with van der Waals surface area (Å²) >= 11 is 0. The molecule has 0 aromatic heterocycles. The Hall–Kier alpha value is -2.55. The number of carboxylic acid groups (broad SMARTS) is 1. The van der Waals surface area contributed by atoms with Gasteiger partial charge in [-0.25, -0.2) is 4.79 Å². The van der Waals surface area contributed by atoms with E-state index >= 15 is 0 Å². The van der Waals surface area contributed by atoms with Crippen molar-refractivity contribution in [2.24, 2.45) is 5.41 Å². The van der Waals surface area contributed by atoms with Crippen LogP contribution < -0.4 is 4.90 Å². The molecule has 110 valence electrons. The fourth-order valence-electron chi connectivity index (χ4n) is 2.41. The summed E-state index contributed by atoms with van der Waals surface area (Å²) in [5, 5.41) is 18.1. The SMILES string of the molecule is CN(C(=O)N1CCC(C)(C(=O)O)C1)c1cccc(C#N)c1. The lowest BCUT2D eigenvalue weighted by molar-refractivity contribution is -0.146. The minimum Gasteiger partial charge on any atom is -0.481 e. The molecule has 1 fully saturated rings. The maximum Gasteiger partial charge on any atom is 0.324 e. The fraction of sp³-hybridized carbons (Fsp3) is 0.400. The molecule has 2 rings (SSSR count). The van der Waals surface area contributed by atoms with Gasteiger partial charge in [-0.1, -0.05) is 6.07 Å². The molecule has 1 saturated heterocycles. The summed E-state index contributed by atoms with van der Waals surface area (Å²) in [5.74, 6) is -0.882. The molecule has 0 spiro atoms. The molecule has 0 saturated carbocycles. The van der Waals surface area contributed by atoms with Gasteiger partial charge in [0.1, 0.15) is 0 Å². The van der Waals surface area contributed by atoms with Crippen LogP contribution in [-0.2, 0) is 4.79 Å². The molecular weight excluding hydrogens is 270 g/mol. The molecule has 1 aliphatic heterocycles. The maximum absolute atomic E-state index is 12.4. The third-order valence-corrected chi connectivity index (χ3v) is 3.91. The Bertz CT molecular complexity index is 623. The van der Waals surface area contributed by atoms with Gasteiger partial charge in [0, 0.05) is 25.8 Å². The van der Waals surface area contributed by atoms with Crippen LogP contribution in [0.1, 0.15) is 18.9 Å². The van der Waals surface area contributed by atoms with Crippen molar-refractivity contribution in [2.75, 3.05) is 25.0 Å². The lowest BCUT2D eigenvalue weighted by atomic mass is 9.90. The molecule has 1 N–H and O–H groups in total. The standard InChI is InChI=1S/C15H17N3O3/c1-15(13(19)20)6-7-18(10-15)14(21)17(2)12-5-3-4-11(8-12)9-16/h3-5,8H,6-7,10H2,1-2H3,(H,19,20). The highest BCUT2D eigenvalue weighted by Crippen LogP contribution is 2.31. The van der Waals surface area contributed by atoms with Crippen molar-refractivity contribution >= 4 is 17.7 Å². The number of rotatable bonds is 2. The van der Waals surface area contributed by atoms with Crippen LogP contribution in [0.5, 0.6) is 0 Å². The van der Waals surface area contributed by atoms with Crippen molar-refractivity contribution in [1.29, 1.82) is 5.26 Å². The van der Waals surface area contributed by atoms with E-state index in [1.54, 1.807) is 38.2 Å². The summed E-state index contributed by atoms with van der Waals surface area (Å²) in [7, 11) is 1.62. The summed E-state index contributed by atoms with van der Waals surface area (Å²) < 4.78 is 0. The number of hydrogen-bond donors (Lipinski definition) is 1. The number of anilines is 1. The number of benzene rings is 1. The molecule has 1 atom stereocenters. The third-order valence-electron chi connectivity index (χ3n) is 3.91. The quantitative estimate of drug-likeness (QED) is 0.900. The third kappa shape index (κ3) is 2.82. The molecule has 1 unspecified atom stereocenters. The monoisotopic (exact) mass is 287 g/mol. The number of hydrogen-bond acceptors (Lipinski definition) is 3. The Labute approximate surface area is 123 Å². The zero-order chi connectivity index (χ0) is 15.6. The molecule has 1 aliphatic rings. The average Bonchev–Trinajstić information content (AvgIpc) is 2.89. The number of amides is 2. The Morgan fingerprint density at radius 3 is 2.76 bits per heavy atom. The summed E-state index contributed by atoms with van der Waals surface area (Å²) in [6.45, 7) is 2.27. The number of urea groups is 1. The van der Waals surface area contributed by atoms with E-state index in [9.17, 15) is 14.7 Å². The number of carboxylic acids is 1. The predicted octanol–water partition coefficient (Wildman–Crippen LogP) is 1.91. The zero-order valence-corrected chi connectivity index (χ0v) is 12.0. The number of nitriles is 1. The largest absolute Gasteiger partial charge is 0.481 e. The molecule has 21 heavy (non-hydrogen) atoms. The smallest absolute Gasteiger partial charge is 0.324 e. The minimum atomic E-state index is -0.884. The molecule has 1 heterocycles. The number of likely N-dealkylation sites (tertiary alicyclic amines) is 1. The summed E-state index contributed by atoms with van der Waals surface area (Å²) in [5.41, 5.74) is 0.206. The van der Waals surface area contributed by atoms with E-state index < -0.39 is 11.4 Å². The Morgan fingerprint density at radius 2 is 2.19 bits per heavy atom. The van der Waals surface area contributed by atoms with Crippen LogP contribution in [0, 0.1) is 16.7 Å². The first-order valence-corrected chi connectivity index (χ1v) is 6.63. The molecular formula is C15H17N3O3. The Balaban J connectivity index is 2.14. The van der Waals surface area contributed by atoms with Crippen LogP contribution >= 0.6 is 0 Å². The van der Waals surface area contributed by atoms with Crippen molar-refractivity contribution in [3.05, 3.63) is 29.8 Å². The molecule has 6 nitrogen and oxygen atoms in total. The van der Waals surface area contributed by atoms with Gasteiger partial charge in [0.25, 0.3) is 0 Å². The van der Waals surface area contributed by atoms with E-state index in [1.165, 1.54) is 9.80 Å². The minimum absolute atomic E-state index is 0.198. The highest BCUT2D eigenvalue weighted by Gasteiger charge is 2.42. The number of carbonyl (C=O) groups is 2. The van der Waals surface area contributed by atoms with Gasteiger partial charge in [-0.3, -0.25) is 9.69 Å². The van der Waals surface area contributed by atoms with Gasteiger partial charge in [0.15, 0.2) is 0 Å². The average molecular weight is 287 g/mol. The van der Waals surface area contributed by atoms with E-state index in [-0.39, 0.29) is 12.6 Å². The summed E-state index contributed by atoms with van der Waals surface area (Å²) in [6.07, 6.45) is 0.445. The van der Waals surface area contributed by atoms with Gasteiger partial charge in [0.2, 0.25) is 0 Å². The van der Waals surface area contributed by atoms with Crippen molar-refractivity contribution < 1.29 is 14.7 Å². The van der Waals surface area contributed by atoms with Crippen LogP contribution in [-0.4, -0.2) is 42.1 Å². The molecule has 1 aromatic rings. The van der Waals surface area contributed by atoms with Crippen LogP contribution in [0.2, 0.25) is 0 Å². The number of carbonyl (C=O) groups excluding carboxylic acids is 1. The van der Waals surface area contributed by atoms with Crippen LogP contribution in [0.15, 0.2) is 24.3 Å². The van der Waals surface area contributed by atoms with E-state index in [0.29, 0.717) is 24.2 Å². The van der Waals surface area contributed by atoms with Crippen LogP contribution in [0.4, 0.5) is 10.5 Å². The molecule has 0 bridgehead atoms. The first-order chi connectivity index (χ1) is 9.87. The van der Waals surface area contributed by atoms with Crippen molar-refractivity contribution in [3.8, 4) is 6.07 Å². The van der Waals surface area contributed by atoms with E-state index in [0.717, 1.165) is 0 Å². The zero-order valence-electron chi connectivity index (χ0n) is 12.0. The molecule has 0 aliphatic carbocycles. The second-order valence-electron chi connectivity index (χ2n) is 5.54. The van der Waals surface area contributed by atoms with Gasteiger partial charge in [-0.2, -0.15) is 5.26 Å². The second-order valence-corrected chi connectivity index (χ2v) is 5.54. The second kappa shape index (κ2) is 5.44. The number of nitrogens with zero attached hydrogens (tertiary/aromatic N) is 3. The maximum atomic E-state index is 12.4. The van der Waals surface area contributed by atoms with Gasteiger partial charge in [-0.15, -0.1) is 0 Å². The lowest BCUT2D eigenvalue weighted by Gasteiger charge is -2.26. The van der Waals surface area contributed by atoms with Crippen molar-refractivity contribution in [1.82, 2.24) is 4.90 Å². The van der Waals surface area contributed by atoms with Gasteiger partial charge in [0.05, 0.1) is 17.0 Å². The fourth-order valence-corrected chi connectivity index (χ4v) is 2.41. The van der Waals surface area contributed by atoms with Gasteiger partial charge < -0.3 is 10.0 Å². The topological polar surface area (TPSA) is 84.6 Å². The highest BCUT2D eigenvalue weighted by molar-refractivity contribution is 5.92. The summed E-state index contributed by atoms with van der Waals surface area (Å²) in [6, 6.07) is 8.52. The van der Waals surface area contributed by atoms with Crippen molar-refractivity contribution in [2.45, 2.75) is 13.3 Å². The van der Waals surface area contributed by atoms with Gasteiger partial charge >= 0.3 is 12.0 Å². The summed E-state index contributed by atoms with van der Waals surface area (Å²) in [4.78, 5) is 26.6. The normalized spacial score (nSPS) is 20.9. The van der Waals surface area contributed by atoms with Crippen molar-refractivity contribution in [3.63, 3.8) is 0 Å². The Kier molecular flexibility index (Phi) is 3.85. The first-order valence-electron chi connectivity index (χ1n) is 6.63. The molecule has 6 heteroatoms. The molecule has 2 amide bonds. The lowest BCUT2D eigenvalue weighted by Crippen LogP contribution is -2.42. The first kappa shape index (κ1) is 14.9. The van der Waals surface area contributed by atoms with Gasteiger partial charge in [-0.05, 0) is 31.5 Å². The van der Waals surface area contributed by atoms with E-state index in [2.05, 4.69) is 0 Å².